The van der Waals surface area contributed by atoms with Crippen molar-refractivity contribution in [3.05, 3.63) is 188 Å². The number of rotatable bonds is 15. The first-order chi connectivity index (χ1) is 40.6. The van der Waals surface area contributed by atoms with E-state index in [2.05, 4.69) is 28.9 Å². The van der Waals surface area contributed by atoms with Crippen LogP contribution in [-0.2, 0) is 47.5 Å². The second-order valence-electron chi connectivity index (χ2n) is 20.8. The van der Waals surface area contributed by atoms with Crippen LogP contribution in [-0.4, -0.2) is 80.6 Å². The fourth-order valence-electron chi connectivity index (χ4n) is 10.3. The fourth-order valence-corrected chi connectivity index (χ4v) is 10.3. The Bertz CT molecular complexity index is 3390. The molecule has 87 heavy (non-hydrogen) atoms. The molecule has 0 atom stereocenters. The van der Waals surface area contributed by atoms with Gasteiger partial charge in [-0.05, 0) is 149 Å². The quantitative estimate of drug-likeness (QED) is 0.0457. The van der Waals surface area contributed by atoms with E-state index >= 15 is 0 Å². The van der Waals surface area contributed by atoms with E-state index in [-0.39, 0.29) is 42.7 Å². The summed E-state index contributed by atoms with van der Waals surface area (Å²) in [6.45, 7) is 15.1. The first-order valence-electron chi connectivity index (χ1n) is 27.5. The van der Waals surface area contributed by atoms with Gasteiger partial charge in [0.2, 0.25) is 5.92 Å². The zero-order valence-corrected chi connectivity index (χ0v) is 50.0. The second-order valence-corrected chi connectivity index (χ2v) is 20.8. The van der Waals surface area contributed by atoms with Crippen molar-refractivity contribution in [2.75, 3.05) is 28.1 Å². The molecule has 0 saturated heterocycles. The summed E-state index contributed by atoms with van der Waals surface area (Å²) >= 11 is 0. The van der Waals surface area contributed by atoms with Gasteiger partial charge in [0.15, 0.2) is 0 Å². The van der Waals surface area contributed by atoms with E-state index in [0.29, 0.717) is 24.0 Å². The summed E-state index contributed by atoms with van der Waals surface area (Å²) in [6, 6.07) is 37.5. The number of carbonyl (C=O) groups is 2. The number of benzene rings is 6. The molecule has 0 radical (unpaired) electrons. The highest BCUT2D eigenvalue weighted by molar-refractivity contribution is 5.75. The van der Waals surface area contributed by atoms with Crippen LogP contribution in [0, 0.1) is 57.3 Å². The minimum Gasteiger partial charge on any atom is -0.469 e. The van der Waals surface area contributed by atoms with Gasteiger partial charge in [-0.3, -0.25) is 9.59 Å². The van der Waals surface area contributed by atoms with Crippen LogP contribution >= 0.6 is 0 Å². The lowest BCUT2D eigenvalue weighted by Crippen LogP contribution is -2.55. The molecule has 19 heteroatoms. The van der Waals surface area contributed by atoms with Crippen LogP contribution in [0.5, 0.6) is 0 Å². The van der Waals surface area contributed by atoms with Gasteiger partial charge in [0.1, 0.15) is 6.79 Å². The molecule has 6 aromatic carbocycles. The highest BCUT2D eigenvalue weighted by atomic mass is 19.4. The summed E-state index contributed by atoms with van der Waals surface area (Å²) in [7, 11) is 4.12. The van der Waals surface area contributed by atoms with Gasteiger partial charge in [-0.1, -0.05) is 155 Å². The standard InChI is InChI=1S/C33H32F6O3.C33H32F6O2.C2H6O2/c1-6-30(7-2,26-13-12-24(21(3)18-26)16-17-31(41,32(34,35)36)33(37,38)39)27-14-15-28(22(4)19-27)25-10-8-23(9-11-25)20-29(40)42-5;1-6-31(7-2,26-14-12-24(21(3)18-26)13-17-29(32(34,35)36)33(37,38)39)27-15-16-28(22(4)19-27)25-10-8-23(9-11-25)20-30(40)41-5;1-4-2-3/h8-15,18-19,41H,6-7,20H2,1-5H3;8-12,14-16,18-19,29H,6-7,20H2,1-5H3;3H,2H2,1H3. The number of esters is 2. The number of methoxy groups -OCH3 is 3. The van der Waals surface area contributed by atoms with Crippen LogP contribution in [0.1, 0.15) is 120 Å². The normalized spacial score (nSPS) is 12.1. The molecule has 468 valence electrons. The van der Waals surface area contributed by atoms with Crippen molar-refractivity contribution in [1.82, 2.24) is 0 Å². The molecular formula is C68H70F12O7. The third kappa shape index (κ3) is 17.4. The van der Waals surface area contributed by atoms with E-state index in [0.717, 1.165) is 85.5 Å². The lowest BCUT2D eigenvalue weighted by Gasteiger charge is -2.34. The molecule has 0 fully saturated rings. The Morgan fingerprint density at radius 3 is 1.05 bits per heavy atom. The molecule has 6 aromatic rings. The summed E-state index contributed by atoms with van der Waals surface area (Å²) in [5, 5.41) is 17.0. The molecule has 0 aromatic heterocycles. The van der Waals surface area contributed by atoms with Crippen molar-refractivity contribution in [1.29, 1.82) is 0 Å². The van der Waals surface area contributed by atoms with Gasteiger partial charge in [0.25, 0.3) is 0 Å². The number of aliphatic hydroxyl groups excluding tert-OH is 1. The largest absolute Gasteiger partial charge is 0.469 e. The first-order valence-corrected chi connectivity index (χ1v) is 27.5. The van der Waals surface area contributed by atoms with Gasteiger partial charge in [-0.15, -0.1) is 0 Å². The minimum atomic E-state index is -6.01. The van der Waals surface area contributed by atoms with Crippen molar-refractivity contribution in [3.8, 4) is 45.9 Å². The van der Waals surface area contributed by atoms with E-state index in [1.807, 2.05) is 114 Å². The lowest BCUT2D eigenvalue weighted by atomic mass is 9.69. The van der Waals surface area contributed by atoms with Crippen LogP contribution in [0.25, 0.3) is 22.3 Å². The van der Waals surface area contributed by atoms with Gasteiger partial charge in [0, 0.05) is 29.1 Å². The van der Waals surface area contributed by atoms with Crippen LogP contribution in [0.4, 0.5) is 52.7 Å². The smallest absolute Gasteiger partial charge is 0.438 e. The molecule has 0 unspecified atom stereocenters. The Balaban J connectivity index is 0.000000351. The van der Waals surface area contributed by atoms with Crippen LogP contribution in [0.3, 0.4) is 0 Å². The number of aryl methyl sites for hydroxylation is 4. The molecule has 0 heterocycles. The lowest BCUT2D eigenvalue weighted by molar-refractivity contribution is -0.343. The number of alkyl halides is 12. The van der Waals surface area contributed by atoms with E-state index < -0.39 is 47.1 Å². The Kier molecular flexibility index (Phi) is 24.7. The minimum absolute atomic E-state index is 0.0473. The van der Waals surface area contributed by atoms with E-state index in [4.69, 9.17) is 14.6 Å². The molecule has 0 amide bonds. The van der Waals surface area contributed by atoms with E-state index in [9.17, 15) is 67.4 Å². The van der Waals surface area contributed by atoms with Crippen LogP contribution in [0.15, 0.2) is 121 Å². The van der Waals surface area contributed by atoms with Crippen LogP contribution in [0.2, 0.25) is 0 Å². The molecular weight excluding hydrogens is 1160 g/mol. The second kappa shape index (κ2) is 29.9. The maximum atomic E-state index is 13.1. The average molecular weight is 1230 g/mol. The molecule has 0 aliphatic heterocycles. The van der Waals surface area contributed by atoms with E-state index in [1.165, 1.54) is 39.4 Å². The summed E-state index contributed by atoms with van der Waals surface area (Å²) in [5.41, 5.74) is 6.49. The summed E-state index contributed by atoms with van der Waals surface area (Å²) in [4.78, 5) is 23.1. The van der Waals surface area contributed by atoms with Crippen LogP contribution < -0.4 is 0 Å². The van der Waals surface area contributed by atoms with Crippen molar-refractivity contribution < 1.29 is 86.7 Å². The SMILES string of the molecule is CCC(CC)(c1ccc(C#CC(C(F)(F)F)C(F)(F)F)c(C)c1)c1ccc(-c2ccc(CC(=O)OC)cc2)c(C)c1.CCC(CC)(c1ccc(C#CC(O)(C(F)(F)F)C(F)(F)F)c(C)c1)c1ccc(-c2ccc(CC(=O)OC)cc2)c(C)c1.COCO. The third-order valence-corrected chi connectivity index (χ3v) is 15.5. The van der Waals surface area contributed by atoms with Crippen molar-refractivity contribution in [2.24, 2.45) is 5.92 Å². The molecule has 0 spiro atoms. The number of aliphatic hydroxyl groups is 2. The van der Waals surface area contributed by atoms with Gasteiger partial charge in [-0.25, -0.2) is 0 Å². The van der Waals surface area contributed by atoms with Gasteiger partial charge < -0.3 is 24.4 Å². The van der Waals surface area contributed by atoms with Crippen molar-refractivity contribution >= 4 is 11.9 Å². The molecule has 0 bridgehead atoms. The Hall–Kier alpha value is -7.58. The first kappa shape index (κ1) is 71.9. The highest BCUT2D eigenvalue weighted by Crippen LogP contribution is 2.45. The van der Waals surface area contributed by atoms with Gasteiger partial charge >= 0.3 is 42.2 Å². The number of halogens is 12. The Labute approximate surface area is 500 Å². The van der Waals surface area contributed by atoms with Crippen molar-refractivity contribution in [2.45, 2.75) is 135 Å². The number of hydrogen-bond donors (Lipinski definition) is 2. The molecule has 0 saturated carbocycles. The number of carbonyl (C=O) groups excluding carboxylic acids is 2. The number of ether oxygens (including phenoxy) is 3. The topological polar surface area (TPSA) is 102 Å². The fraction of sp³-hybridized carbons (Fsp3) is 0.382. The molecule has 2 N–H and O–H groups in total. The predicted molar refractivity (Wildman–Crippen MR) is 310 cm³/mol. The summed E-state index contributed by atoms with van der Waals surface area (Å²) in [5.74, 6) is 2.12. The average Bonchev–Trinajstić information content (AvgIpc) is 1.31. The monoisotopic (exact) mass is 1230 g/mol. The maximum absolute atomic E-state index is 13.1. The van der Waals surface area contributed by atoms with Crippen molar-refractivity contribution in [3.63, 3.8) is 0 Å². The van der Waals surface area contributed by atoms with Gasteiger partial charge in [-0.2, -0.15) is 52.7 Å². The summed E-state index contributed by atoms with van der Waals surface area (Å²) < 4.78 is 169. The predicted octanol–water partition coefficient (Wildman–Crippen LogP) is 16.5. The third-order valence-electron chi connectivity index (χ3n) is 15.5. The molecule has 0 aliphatic carbocycles. The van der Waals surface area contributed by atoms with E-state index in [1.54, 1.807) is 38.1 Å². The summed E-state index contributed by atoms with van der Waals surface area (Å²) in [6.07, 6.45) is -19.9. The Morgan fingerprint density at radius 2 is 0.782 bits per heavy atom. The number of hydrogen-bond acceptors (Lipinski definition) is 7. The zero-order chi connectivity index (χ0) is 65.5. The molecule has 6 rings (SSSR count). The maximum Gasteiger partial charge on any atom is 0.438 e. The Morgan fingerprint density at radius 1 is 0.471 bits per heavy atom. The zero-order valence-electron chi connectivity index (χ0n) is 50.0. The highest BCUT2D eigenvalue weighted by Gasteiger charge is 2.70. The van der Waals surface area contributed by atoms with Gasteiger partial charge in [0.05, 0.1) is 27.1 Å². The molecule has 0 aliphatic rings. The molecule has 7 nitrogen and oxygen atoms in total.